The van der Waals surface area contributed by atoms with Crippen LogP contribution in [0.2, 0.25) is 0 Å². The normalized spacial score (nSPS) is 38.1. The maximum absolute atomic E-state index is 12.7. The molecular weight excluding hydrogens is 302 g/mol. The Bertz CT molecular complexity index is 642. The van der Waals surface area contributed by atoms with Gasteiger partial charge in [-0.1, -0.05) is 18.2 Å². The number of aliphatic hydroxyl groups is 1. The number of phenols is 1. The average Bonchev–Trinajstić information content (AvgIpc) is 2.43. The highest BCUT2D eigenvalue weighted by molar-refractivity contribution is 5.77. The Balaban J connectivity index is 1.44. The maximum atomic E-state index is 12.7. The van der Waals surface area contributed by atoms with Gasteiger partial charge in [-0.25, -0.2) is 0 Å². The van der Waals surface area contributed by atoms with Crippen molar-refractivity contribution in [2.75, 3.05) is 0 Å². The molecule has 0 aliphatic heterocycles. The Labute approximate surface area is 143 Å². The highest BCUT2D eigenvalue weighted by Gasteiger charge is 2.57. The molecule has 2 unspecified atom stereocenters. The van der Waals surface area contributed by atoms with Gasteiger partial charge in [0, 0.05) is 12.0 Å². The van der Waals surface area contributed by atoms with Crippen LogP contribution < -0.4 is 5.32 Å². The zero-order valence-electron chi connectivity index (χ0n) is 14.3. The van der Waals surface area contributed by atoms with Gasteiger partial charge in [-0.2, -0.15) is 0 Å². The van der Waals surface area contributed by atoms with Gasteiger partial charge in [0.15, 0.2) is 0 Å². The third-order valence-electron chi connectivity index (χ3n) is 6.47. The van der Waals surface area contributed by atoms with E-state index in [1.54, 1.807) is 12.1 Å². The number of nitrogens with one attached hydrogen (secondary N) is 1. The van der Waals surface area contributed by atoms with Crippen LogP contribution >= 0.6 is 0 Å². The van der Waals surface area contributed by atoms with E-state index in [2.05, 4.69) is 5.32 Å². The first-order valence-electron chi connectivity index (χ1n) is 9.16. The fraction of sp³-hybridized carbons (Fsp3) is 0.650. The molecule has 0 aromatic heterocycles. The van der Waals surface area contributed by atoms with Gasteiger partial charge in [0.05, 0.1) is 11.6 Å². The summed E-state index contributed by atoms with van der Waals surface area (Å²) in [5, 5.41) is 23.8. The summed E-state index contributed by atoms with van der Waals surface area (Å²) in [6, 6.07) is 6.92. The SMILES string of the molecule is C[C@H](NC(=O)CC12C[C@@H]3C[C@@H](CC(O)(C3)C1)C2)c1ccccc1O. The van der Waals surface area contributed by atoms with E-state index in [1.165, 1.54) is 6.42 Å². The lowest BCUT2D eigenvalue weighted by atomic mass is 9.47. The van der Waals surface area contributed by atoms with Gasteiger partial charge in [-0.3, -0.25) is 4.79 Å². The van der Waals surface area contributed by atoms with Crippen LogP contribution in [0.25, 0.3) is 0 Å². The van der Waals surface area contributed by atoms with E-state index < -0.39 is 5.60 Å². The van der Waals surface area contributed by atoms with Crippen molar-refractivity contribution >= 4 is 5.91 Å². The first-order valence-corrected chi connectivity index (χ1v) is 9.16. The van der Waals surface area contributed by atoms with Gasteiger partial charge in [0.2, 0.25) is 5.91 Å². The van der Waals surface area contributed by atoms with Crippen molar-refractivity contribution in [3.63, 3.8) is 0 Å². The molecule has 4 nitrogen and oxygen atoms in total. The lowest BCUT2D eigenvalue weighted by molar-refractivity contribution is -0.169. The minimum Gasteiger partial charge on any atom is -0.508 e. The average molecular weight is 329 g/mol. The molecule has 0 saturated heterocycles. The number of rotatable bonds is 4. The van der Waals surface area contributed by atoms with E-state index in [9.17, 15) is 15.0 Å². The molecule has 4 saturated carbocycles. The predicted molar refractivity (Wildman–Crippen MR) is 91.3 cm³/mol. The molecule has 4 aliphatic carbocycles. The monoisotopic (exact) mass is 329 g/mol. The minimum atomic E-state index is -0.520. The van der Waals surface area contributed by atoms with Crippen molar-refractivity contribution in [1.82, 2.24) is 5.32 Å². The Morgan fingerprint density at radius 1 is 1.25 bits per heavy atom. The van der Waals surface area contributed by atoms with E-state index in [1.807, 2.05) is 19.1 Å². The molecule has 4 heteroatoms. The summed E-state index contributed by atoms with van der Waals surface area (Å²) >= 11 is 0. The Morgan fingerprint density at radius 3 is 2.54 bits per heavy atom. The zero-order chi connectivity index (χ0) is 16.9. The van der Waals surface area contributed by atoms with Gasteiger partial charge < -0.3 is 15.5 Å². The van der Waals surface area contributed by atoms with Crippen LogP contribution in [-0.4, -0.2) is 21.7 Å². The van der Waals surface area contributed by atoms with Crippen LogP contribution in [0.15, 0.2) is 24.3 Å². The number of amides is 1. The topological polar surface area (TPSA) is 69.6 Å². The number of phenolic OH excluding ortho intramolecular Hbond substituents is 1. The van der Waals surface area contributed by atoms with Crippen molar-refractivity contribution in [1.29, 1.82) is 0 Å². The Hall–Kier alpha value is -1.55. The number of aromatic hydroxyl groups is 1. The van der Waals surface area contributed by atoms with Crippen LogP contribution in [0.5, 0.6) is 5.75 Å². The second-order valence-corrected chi connectivity index (χ2v) is 8.71. The van der Waals surface area contributed by atoms with E-state index in [0.717, 1.165) is 37.7 Å². The van der Waals surface area contributed by atoms with Gasteiger partial charge in [0.1, 0.15) is 5.75 Å². The smallest absolute Gasteiger partial charge is 0.221 e. The number of benzene rings is 1. The van der Waals surface area contributed by atoms with Crippen molar-refractivity contribution in [3.8, 4) is 5.75 Å². The van der Waals surface area contributed by atoms with Crippen molar-refractivity contribution in [2.45, 2.75) is 63.5 Å². The predicted octanol–water partition coefficient (Wildman–Crippen LogP) is 3.29. The second-order valence-electron chi connectivity index (χ2n) is 8.71. The summed E-state index contributed by atoms with van der Waals surface area (Å²) in [5.41, 5.74) is 0.213. The van der Waals surface area contributed by atoms with Crippen LogP contribution in [0.1, 0.15) is 63.5 Å². The molecule has 130 valence electrons. The number of hydrogen-bond donors (Lipinski definition) is 3. The minimum absolute atomic E-state index is 0.0125. The standard InChI is InChI=1S/C20H27NO3/c1-13(16-4-2-3-5-17(16)22)21-18(23)11-19-7-14-6-15(8-19)10-20(24,9-14)12-19/h2-5,13-15,22,24H,6-12H2,1H3,(H,21,23)/t13-,14-,15+,19?,20?/m0/s1. The summed E-state index contributed by atoms with van der Waals surface area (Å²) in [4.78, 5) is 12.7. The van der Waals surface area contributed by atoms with Gasteiger partial charge >= 0.3 is 0 Å². The lowest BCUT2D eigenvalue weighted by Crippen LogP contribution is -2.56. The van der Waals surface area contributed by atoms with Crippen molar-refractivity contribution < 1.29 is 15.0 Å². The first-order chi connectivity index (χ1) is 11.4. The van der Waals surface area contributed by atoms with E-state index in [0.29, 0.717) is 18.3 Å². The number of carbonyl (C=O) groups is 1. The molecule has 1 aromatic rings. The molecule has 0 radical (unpaired) electrons. The lowest BCUT2D eigenvalue weighted by Gasteiger charge is -2.60. The largest absolute Gasteiger partial charge is 0.508 e. The van der Waals surface area contributed by atoms with E-state index >= 15 is 0 Å². The van der Waals surface area contributed by atoms with Crippen LogP contribution in [0, 0.1) is 17.3 Å². The third-order valence-corrected chi connectivity index (χ3v) is 6.47. The first kappa shape index (κ1) is 15.9. The highest BCUT2D eigenvalue weighted by Crippen LogP contribution is 2.62. The molecule has 4 bridgehead atoms. The molecule has 1 aromatic carbocycles. The second kappa shape index (κ2) is 5.48. The molecule has 5 atom stereocenters. The van der Waals surface area contributed by atoms with E-state index in [4.69, 9.17) is 0 Å². The maximum Gasteiger partial charge on any atom is 0.221 e. The molecule has 24 heavy (non-hydrogen) atoms. The molecule has 4 aliphatic rings. The molecule has 1 amide bonds. The Kier molecular flexibility index (Phi) is 3.64. The number of hydrogen-bond acceptors (Lipinski definition) is 3. The Morgan fingerprint density at radius 2 is 1.92 bits per heavy atom. The molecule has 3 N–H and O–H groups in total. The zero-order valence-corrected chi connectivity index (χ0v) is 14.3. The fourth-order valence-electron chi connectivity index (χ4n) is 6.17. The quantitative estimate of drug-likeness (QED) is 0.794. The molecular formula is C20H27NO3. The number of carbonyl (C=O) groups excluding carboxylic acids is 1. The summed E-state index contributed by atoms with van der Waals surface area (Å²) in [6.45, 7) is 1.90. The van der Waals surface area contributed by atoms with Gasteiger partial charge in [-0.15, -0.1) is 0 Å². The number of para-hydroxylation sites is 1. The van der Waals surface area contributed by atoms with Crippen LogP contribution in [0.4, 0.5) is 0 Å². The molecule has 4 fully saturated rings. The van der Waals surface area contributed by atoms with Crippen LogP contribution in [0.3, 0.4) is 0 Å². The molecule has 0 spiro atoms. The summed E-state index contributed by atoms with van der Waals surface area (Å²) < 4.78 is 0. The van der Waals surface area contributed by atoms with Gasteiger partial charge in [0.25, 0.3) is 0 Å². The summed E-state index contributed by atoms with van der Waals surface area (Å²) in [5.74, 6) is 1.45. The van der Waals surface area contributed by atoms with Crippen molar-refractivity contribution in [3.05, 3.63) is 29.8 Å². The van der Waals surface area contributed by atoms with Gasteiger partial charge in [-0.05, 0) is 68.8 Å². The molecule has 5 rings (SSSR count). The van der Waals surface area contributed by atoms with E-state index in [-0.39, 0.29) is 23.1 Å². The highest BCUT2D eigenvalue weighted by atomic mass is 16.3. The molecule has 0 heterocycles. The summed E-state index contributed by atoms with van der Waals surface area (Å²) in [7, 11) is 0. The van der Waals surface area contributed by atoms with Crippen molar-refractivity contribution in [2.24, 2.45) is 17.3 Å². The third kappa shape index (κ3) is 2.81. The van der Waals surface area contributed by atoms with Crippen LogP contribution in [-0.2, 0) is 4.79 Å². The fourth-order valence-corrected chi connectivity index (χ4v) is 6.17. The summed E-state index contributed by atoms with van der Waals surface area (Å²) in [6.07, 6.45) is 6.56.